The summed E-state index contributed by atoms with van der Waals surface area (Å²) in [5.74, 6) is -1.02. The molecule has 0 atom stereocenters. The second-order valence-electron chi connectivity index (χ2n) is 3.38. The molecule has 0 bridgehead atoms. The van der Waals surface area contributed by atoms with Crippen LogP contribution in [0.3, 0.4) is 0 Å². The number of benzene rings is 1. The van der Waals surface area contributed by atoms with Gasteiger partial charge in [-0.25, -0.2) is 9.78 Å². The number of halogens is 2. The molecule has 1 heterocycles. The summed E-state index contributed by atoms with van der Waals surface area (Å²) in [6, 6.07) is 10.5. The van der Waals surface area contributed by atoms with Crippen molar-refractivity contribution in [2.24, 2.45) is 0 Å². The number of nitrogens with zero attached hydrogens (tertiary/aromatic N) is 1. The second kappa shape index (κ2) is 5.73. The van der Waals surface area contributed by atoms with Gasteiger partial charge in [-0.1, -0.05) is 45.4 Å². The topological polar surface area (TPSA) is 50.2 Å². The average molecular weight is 345 g/mol. The van der Waals surface area contributed by atoms with Crippen molar-refractivity contribution in [3.63, 3.8) is 0 Å². The highest BCUT2D eigenvalue weighted by Crippen LogP contribution is 2.29. The van der Waals surface area contributed by atoms with Gasteiger partial charge in [-0.3, -0.25) is 0 Å². The number of carbonyl (C=O) groups is 1. The minimum atomic E-state index is -1.02. The molecule has 1 aromatic heterocycles. The first-order chi connectivity index (χ1) is 8.54. The fraction of sp³-hybridized carbons (Fsp3) is 0. The third kappa shape index (κ3) is 3.48. The third-order valence-electron chi connectivity index (χ3n) is 2.04. The van der Waals surface area contributed by atoms with Gasteiger partial charge in [0.15, 0.2) is 0 Å². The van der Waals surface area contributed by atoms with E-state index in [2.05, 4.69) is 20.9 Å². The Hall–Kier alpha value is -1.04. The summed E-state index contributed by atoms with van der Waals surface area (Å²) in [5, 5.41) is 9.67. The fourth-order valence-electron chi connectivity index (χ4n) is 1.30. The minimum Gasteiger partial charge on any atom is -0.478 e. The van der Waals surface area contributed by atoms with E-state index in [9.17, 15) is 4.79 Å². The van der Waals surface area contributed by atoms with Crippen LogP contribution in [-0.4, -0.2) is 16.1 Å². The number of aromatic nitrogens is 1. The fourth-order valence-corrected chi connectivity index (χ4v) is 3.01. The molecule has 92 valence electrons. The molecule has 0 aliphatic carbocycles. The van der Waals surface area contributed by atoms with Crippen molar-refractivity contribution in [2.75, 3.05) is 0 Å². The third-order valence-corrected chi connectivity index (χ3v) is 3.63. The van der Waals surface area contributed by atoms with Crippen molar-refractivity contribution in [1.82, 2.24) is 4.98 Å². The van der Waals surface area contributed by atoms with Crippen molar-refractivity contribution in [3.05, 3.63) is 51.6 Å². The van der Waals surface area contributed by atoms with E-state index in [4.69, 9.17) is 16.7 Å². The SMILES string of the molecule is O=C(O)c1cc(Cl)nc(Sc2cccc(Br)c2)c1. The van der Waals surface area contributed by atoms with Crippen LogP contribution < -0.4 is 0 Å². The standard InChI is InChI=1S/C12H7BrClNO2S/c13-8-2-1-3-9(6-8)18-11-5-7(12(16)17)4-10(14)15-11/h1-6H,(H,16,17). The Bertz CT molecular complexity index is 606. The van der Waals surface area contributed by atoms with Crippen molar-refractivity contribution >= 4 is 45.3 Å². The molecule has 0 saturated heterocycles. The summed E-state index contributed by atoms with van der Waals surface area (Å²) in [6.07, 6.45) is 0. The molecule has 1 aromatic carbocycles. The average Bonchev–Trinajstić information content (AvgIpc) is 2.28. The Morgan fingerprint density at radius 2 is 2.11 bits per heavy atom. The van der Waals surface area contributed by atoms with E-state index in [1.54, 1.807) is 0 Å². The van der Waals surface area contributed by atoms with E-state index in [0.717, 1.165) is 9.37 Å². The lowest BCUT2D eigenvalue weighted by Crippen LogP contribution is -1.97. The molecule has 0 saturated carbocycles. The van der Waals surface area contributed by atoms with Crippen molar-refractivity contribution in [2.45, 2.75) is 9.92 Å². The van der Waals surface area contributed by atoms with Gasteiger partial charge in [-0.05, 0) is 30.3 Å². The molecule has 0 radical (unpaired) electrons. The van der Waals surface area contributed by atoms with E-state index in [1.165, 1.54) is 23.9 Å². The Morgan fingerprint density at radius 3 is 2.78 bits per heavy atom. The van der Waals surface area contributed by atoms with E-state index < -0.39 is 5.97 Å². The highest BCUT2D eigenvalue weighted by molar-refractivity contribution is 9.10. The first kappa shape index (κ1) is 13.4. The molecule has 0 aliphatic rings. The number of carboxylic acid groups (broad SMARTS) is 1. The molecular weight excluding hydrogens is 338 g/mol. The van der Waals surface area contributed by atoms with Crippen molar-refractivity contribution < 1.29 is 9.90 Å². The van der Waals surface area contributed by atoms with Gasteiger partial charge in [0.1, 0.15) is 10.2 Å². The summed E-state index contributed by atoms with van der Waals surface area (Å²) < 4.78 is 0.952. The van der Waals surface area contributed by atoms with Gasteiger partial charge in [0, 0.05) is 9.37 Å². The predicted octanol–water partition coefficient (Wildman–Crippen LogP) is 4.35. The van der Waals surface area contributed by atoms with E-state index in [-0.39, 0.29) is 10.7 Å². The van der Waals surface area contributed by atoms with Crippen LogP contribution in [0.15, 0.2) is 50.8 Å². The molecular formula is C12H7BrClNO2S. The Kier molecular flexibility index (Phi) is 4.27. The molecule has 18 heavy (non-hydrogen) atoms. The number of rotatable bonds is 3. The molecule has 3 nitrogen and oxygen atoms in total. The molecule has 0 unspecified atom stereocenters. The maximum absolute atomic E-state index is 10.9. The first-order valence-corrected chi connectivity index (χ1v) is 6.87. The molecule has 0 spiro atoms. The summed E-state index contributed by atoms with van der Waals surface area (Å²) in [7, 11) is 0. The molecule has 1 N–H and O–H groups in total. The number of pyridine rings is 1. The lowest BCUT2D eigenvalue weighted by Gasteiger charge is -2.03. The monoisotopic (exact) mass is 343 g/mol. The van der Waals surface area contributed by atoms with Crippen LogP contribution in [0.5, 0.6) is 0 Å². The summed E-state index contributed by atoms with van der Waals surface area (Å²) >= 11 is 10.5. The quantitative estimate of drug-likeness (QED) is 0.841. The molecule has 0 aliphatic heterocycles. The smallest absolute Gasteiger partial charge is 0.335 e. The van der Waals surface area contributed by atoms with Gasteiger partial charge >= 0.3 is 5.97 Å². The molecule has 6 heteroatoms. The van der Waals surface area contributed by atoms with Crippen molar-refractivity contribution in [1.29, 1.82) is 0 Å². The van der Waals surface area contributed by atoms with Crippen LogP contribution >= 0.6 is 39.3 Å². The van der Waals surface area contributed by atoms with Gasteiger partial charge in [0.2, 0.25) is 0 Å². The Balaban J connectivity index is 2.31. The maximum atomic E-state index is 10.9. The molecule has 2 aromatic rings. The Morgan fingerprint density at radius 1 is 1.33 bits per heavy atom. The predicted molar refractivity (Wildman–Crippen MR) is 74.5 cm³/mol. The second-order valence-corrected chi connectivity index (χ2v) is 5.78. The van der Waals surface area contributed by atoms with E-state index >= 15 is 0 Å². The van der Waals surface area contributed by atoms with E-state index in [0.29, 0.717) is 5.03 Å². The number of hydrogen-bond donors (Lipinski definition) is 1. The van der Waals surface area contributed by atoms with Gasteiger partial charge in [0.05, 0.1) is 5.56 Å². The number of carboxylic acids is 1. The number of hydrogen-bond acceptors (Lipinski definition) is 3. The number of aromatic carboxylic acids is 1. The first-order valence-electron chi connectivity index (χ1n) is 4.89. The van der Waals surface area contributed by atoms with Gasteiger partial charge in [-0.2, -0.15) is 0 Å². The van der Waals surface area contributed by atoms with Crippen LogP contribution in [0, 0.1) is 0 Å². The summed E-state index contributed by atoms with van der Waals surface area (Å²) in [4.78, 5) is 16.0. The molecule has 0 amide bonds. The van der Waals surface area contributed by atoms with Crippen molar-refractivity contribution in [3.8, 4) is 0 Å². The lowest BCUT2D eigenvalue weighted by molar-refractivity contribution is 0.0696. The van der Waals surface area contributed by atoms with Crippen LogP contribution in [0.2, 0.25) is 5.15 Å². The minimum absolute atomic E-state index is 0.132. The highest BCUT2D eigenvalue weighted by atomic mass is 79.9. The van der Waals surface area contributed by atoms with Gasteiger partial charge in [-0.15, -0.1) is 0 Å². The summed E-state index contributed by atoms with van der Waals surface area (Å²) in [6.45, 7) is 0. The van der Waals surface area contributed by atoms with Crippen LogP contribution in [0.25, 0.3) is 0 Å². The lowest BCUT2D eigenvalue weighted by atomic mass is 10.3. The highest BCUT2D eigenvalue weighted by Gasteiger charge is 2.08. The summed E-state index contributed by atoms with van der Waals surface area (Å²) in [5.41, 5.74) is 0.132. The Labute approximate surface area is 121 Å². The molecule has 2 rings (SSSR count). The zero-order chi connectivity index (χ0) is 13.1. The van der Waals surface area contributed by atoms with Crippen LogP contribution in [0.1, 0.15) is 10.4 Å². The van der Waals surface area contributed by atoms with E-state index in [1.807, 2.05) is 24.3 Å². The zero-order valence-electron chi connectivity index (χ0n) is 8.93. The maximum Gasteiger partial charge on any atom is 0.335 e. The molecule has 0 fully saturated rings. The largest absolute Gasteiger partial charge is 0.478 e. The van der Waals surface area contributed by atoms with Crippen LogP contribution in [0.4, 0.5) is 0 Å². The van der Waals surface area contributed by atoms with Crippen LogP contribution in [-0.2, 0) is 0 Å². The normalized spacial score (nSPS) is 10.3. The van der Waals surface area contributed by atoms with Gasteiger partial charge in [0.25, 0.3) is 0 Å². The zero-order valence-corrected chi connectivity index (χ0v) is 12.1. The van der Waals surface area contributed by atoms with Gasteiger partial charge < -0.3 is 5.11 Å².